The average Bonchev–Trinajstić information content (AvgIpc) is 2.15. The molecule has 1 rings (SSSR count). The van der Waals surface area contributed by atoms with E-state index in [-0.39, 0.29) is 5.54 Å². The molecule has 1 aromatic carbocycles. The SMILES string of the molecule is CC(C)(C)NCCS(=O)c1cccc(Br)c1. The van der Waals surface area contributed by atoms with Gasteiger partial charge in [-0.2, -0.15) is 0 Å². The molecule has 0 radical (unpaired) electrons. The third-order valence-electron chi connectivity index (χ3n) is 2.00. The summed E-state index contributed by atoms with van der Waals surface area (Å²) in [5, 5.41) is 3.33. The Morgan fingerprint density at radius 1 is 1.38 bits per heavy atom. The van der Waals surface area contributed by atoms with Crippen LogP contribution < -0.4 is 5.32 Å². The quantitative estimate of drug-likeness (QED) is 0.926. The van der Waals surface area contributed by atoms with Crippen molar-refractivity contribution in [1.29, 1.82) is 0 Å². The summed E-state index contributed by atoms with van der Waals surface area (Å²) in [5.41, 5.74) is 0.0848. The highest BCUT2D eigenvalue weighted by molar-refractivity contribution is 9.10. The summed E-state index contributed by atoms with van der Waals surface area (Å²) in [6.07, 6.45) is 0. The number of hydrogen-bond acceptors (Lipinski definition) is 2. The molecule has 0 fully saturated rings. The van der Waals surface area contributed by atoms with E-state index in [1.807, 2.05) is 24.3 Å². The van der Waals surface area contributed by atoms with Crippen LogP contribution in [0.15, 0.2) is 33.6 Å². The summed E-state index contributed by atoms with van der Waals surface area (Å²) in [6.45, 7) is 7.09. The molecule has 1 N–H and O–H groups in total. The molecule has 0 amide bonds. The van der Waals surface area contributed by atoms with Crippen LogP contribution in [0.4, 0.5) is 0 Å². The van der Waals surface area contributed by atoms with E-state index in [0.29, 0.717) is 5.75 Å². The number of rotatable bonds is 4. The number of benzene rings is 1. The maximum atomic E-state index is 11.9. The van der Waals surface area contributed by atoms with Crippen molar-refractivity contribution in [3.63, 3.8) is 0 Å². The van der Waals surface area contributed by atoms with E-state index in [0.717, 1.165) is 15.9 Å². The fourth-order valence-electron chi connectivity index (χ4n) is 1.25. The lowest BCUT2D eigenvalue weighted by molar-refractivity contribution is 0.440. The lowest BCUT2D eigenvalue weighted by Crippen LogP contribution is -2.38. The van der Waals surface area contributed by atoms with Crippen LogP contribution in [-0.4, -0.2) is 22.0 Å². The number of nitrogens with one attached hydrogen (secondary N) is 1. The third-order valence-corrected chi connectivity index (χ3v) is 3.85. The molecule has 1 aromatic rings. The molecule has 0 saturated heterocycles. The second-order valence-electron chi connectivity index (χ2n) is 4.68. The van der Waals surface area contributed by atoms with E-state index in [4.69, 9.17) is 0 Å². The first-order valence-electron chi connectivity index (χ1n) is 5.27. The molecule has 1 atom stereocenters. The van der Waals surface area contributed by atoms with Gasteiger partial charge in [0, 0.05) is 27.2 Å². The molecule has 0 saturated carbocycles. The Morgan fingerprint density at radius 2 is 2.06 bits per heavy atom. The zero-order valence-corrected chi connectivity index (χ0v) is 12.3. The van der Waals surface area contributed by atoms with E-state index in [1.165, 1.54) is 0 Å². The van der Waals surface area contributed by atoms with Gasteiger partial charge in [-0.05, 0) is 39.0 Å². The van der Waals surface area contributed by atoms with Crippen molar-refractivity contribution in [2.75, 3.05) is 12.3 Å². The molecular weight excluding hydrogens is 286 g/mol. The van der Waals surface area contributed by atoms with Crippen LogP contribution in [0.25, 0.3) is 0 Å². The van der Waals surface area contributed by atoms with Crippen molar-refractivity contribution < 1.29 is 4.21 Å². The number of halogens is 1. The minimum Gasteiger partial charge on any atom is -0.311 e. The molecule has 0 bridgehead atoms. The van der Waals surface area contributed by atoms with Crippen LogP contribution >= 0.6 is 15.9 Å². The molecule has 4 heteroatoms. The van der Waals surface area contributed by atoms with Gasteiger partial charge in [0.2, 0.25) is 0 Å². The Kier molecular flexibility index (Phi) is 5.15. The second kappa shape index (κ2) is 5.94. The molecule has 0 spiro atoms. The number of hydrogen-bond donors (Lipinski definition) is 1. The second-order valence-corrected chi connectivity index (χ2v) is 7.17. The Hall–Kier alpha value is -0.190. The van der Waals surface area contributed by atoms with Crippen LogP contribution in [0.5, 0.6) is 0 Å². The topological polar surface area (TPSA) is 29.1 Å². The summed E-state index contributed by atoms with van der Waals surface area (Å²) in [4.78, 5) is 0.880. The van der Waals surface area contributed by atoms with Crippen molar-refractivity contribution >= 4 is 26.7 Å². The first-order valence-corrected chi connectivity index (χ1v) is 7.39. The van der Waals surface area contributed by atoms with E-state index in [2.05, 4.69) is 42.0 Å². The van der Waals surface area contributed by atoms with Gasteiger partial charge in [-0.1, -0.05) is 22.0 Å². The van der Waals surface area contributed by atoms with Crippen LogP contribution in [0, 0.1) is 0 Å². The maximum Gasteiger partial charge on any atom is 0.0542 e. The zero-order valence-electron chi connectivity index (χ0n) is 9.92. The van der Waals surface area contributed by atoms with Gasteiger partial charge >= 0.3 is 0 Å². The zero-order chi connectivity index (χ0) is 12.2. The molecular formula is C12H18BrNOS. The minimum absolute atomic E-state index is 0.0848. The molecule has 0 aromatic heterocycles. The molecule has 0 aliphatic heterocycles. The summed E-state index contributed by atoms with van der Waals surface area (Å²) in [6, 6.07) is 7.66. The predicted octanol–water partition coefficient (Wildman–Crippen LogP) is 2.94. The van der Waals surface area contributed by atoms with Crippen molar-refractivity contribution in [3.05, 3.63) is 28.7 Å². The summed E-state index contributed by atoms with van der Waals surface area (Å²) in [7, 11) is -0.921. The molecule has 16 heavy (non-hydrogen) atoms. The van der Waals surface area contributed by atoms with Crippen LogP contribution in [0.3, 0.4) is 0 Å². The highest BCUT2D eigenvalue weighted by Crippen LogP contribution is 2.14. The van der Waals surface area contributed by atoms with E-state index in [9.17, 15) is 4.21 Å². The Balaban J connectivity index is 2.47. The van der Waals surface area contributed by atoms with E-state index < -0.39 is 10.8 Å². The van der Waals surface area contributed by atoms with Crippen molar-refractivity contribution in [3.8, 4) is 0 Å². The van der Waals surface area contributed by atoms with Gasteiger partial charge in [0.25, 0.3) is 0 Å². The first-order chi connectivity index (χ1) is 7.38. The van der Waals surface area contributed by atoms with Gasteiger partial charge in [-0.15, -0.1) is 0 Å². The monoisotopic (exact) mass is 303 g/mol. The molecule has 90 valence electrons. The van der Waals surface area contributed by atoms with E-state index in [1.54, 1.807) is 0 Å². The standard InChI is InChI=1S/C12H18BrNOS/c1-12(2,3)14-7-8-16(15)11-6-4-5-10(13)9-11/h4-6,9,14H,7-8H2,1-3H3. The fourth-order valence-corrected chi connectivity index (χ4v) is 2.81. The van der Waals surface area contributed by atoms with Gasteiger partial charge in [0.1, 0.15) is 0 Å². The predicted molar refractivity (Wildman–Crippen MR) is 73.2 cm³/mol. The first kappa shape index (κ1) is 13.9. The third kappa shape index (κ3) is 5.23. The minimum atomic E-state index is -0.921. The van der Waals surface area contributed by atoms with Crippen LogP contribution in [0.1, 0.15) is 20.8 Å². The summed E-state index contributed by atoms with van der Waals surface area (Å²) < 4.78 is 12.9. The van der Waals surface area contributed by atoms with E-state index >= 15 is 0 Å². The largest absolute Gasteiger partial charge is 0.311 e. The molecule has 0 heterocycles. The lowest BCUT2D eigenvalue weighted by atomic mass is 10.1. The van der Waals surface area contributed by atoms with Gasteiger partial charge in [0.05, 0.1) is 10.8 Å². The Labute approximate surface area is 108 Å². The summed E-state index contributed by atoms with van der Waals surface area (Å²) >= 11 is 3.38. The van der Waals surface area contributed by atoms with Crippen molar-refractivity contribution in [1.82, 2.24) is 5.32 Å². The van der Waals surface area contributed by atoms with Crippen LogP contribution in [0.2, 0.25) is 0 Å². The van der Waals surface area contributed by atoms with Crippen molar-refractivity contribution in [2.45, 2.75) is 31.2 Å². The van der Waals surface area contributed by atoms with Gasteiger partial charge in [0.15, 0.2) is 0 Å². The molecule has 1 unspecified atom stereocenters. The van der Waals surface area contributed by atoms with Crippen LogP contribution in [-0.2, 0) is 10.8 Å². The maximum absolute atomic E-state index is 11.9. The Morgan fingerprint density at radius 3 is 2.62 bits per heavy atom. The smallest absolute Gasteiger partial charge is 0.0542 e. The molecule has 2 nitrogen and oxygen atoms in total. The lowest BCUT2D eigenvalue weighted by Gasteiger charge is -2.20. The highest BCUT2D eigenvalue weighted by Gasteiger charge is 2.10. The average molecular weight is 304 g/mol. The Bertz CT molecular complexity index is 374. The van der Waals surface area contributed by atoms with Gasteiger partial charge in [-0.25, -0.2) is 0 Å². The molecule has 0 aliphatic carbocycles. The van der Waals surface area contributed by atoms with Crippen molar-refractivity contribution in [2.24, 2.45) is 0 Å². The van der Waals surface area contributed by atoms with Gasteiger partial charge in [-0.3, -0.25) is 4.21 Å². The van der Waals surface area contributed by atoms with Gasteiger partial charge < -0.3 is 5.32 Å². The fraction of sp³-hybridized carbons (Fsp3) is 0.500. The normalized spacial score (nSPS) is 13.8. The molecule has 0 aliphatic rings. The summed E-state index contributed by atoms with van der Waals surface area (Å²) in [5.74, 6) is 0.647. The highest BCUT2D eigenvalue weighted by atomic mass is 79.9.